The highest BCUT2D eigenvalue weighted by molar-refractivity contribution is 7.92. The van der Waals surface area contributed by atoms with Gasteiger partial charge in [-0.2, -0.15) is 0 Å². The summed E-state index contributed by atoms with van der Waals surface area (Å²) in [4.78, 5) is 0.192. The lowest BCUT2D eigenvalue weighted by molar-refractivity contribution is 0.601. The summed E-state index contributed by atoms with van der Waals surface area (Å²) in [5.41, 5.74) is 4.02. The minimum atomic E-state index is -3.69. The molecule has 0 saturated carbocycles. The number of para-hydroxylation sites is 1. The first-order valence-electron chi connectivity index (χ1n) is 8.11. The molecule has 0 aliphatic rings. The summed E-state index contributed by atoms with van der Waals surface area (Å²) >= 11 is 0. The second-order valence-corrected chi connectivity index (χ2v) is 7.80. The first-order valence-corrected chi connectivity index (χ1v) is 9.60. The van der Waals surface area contributed by atoms with Crippen molar-refractivity contribution in [1.29, 1.82) is 0 Å². The van der Waals surface area contributed by atoms with E-state index >= 15 is 0 Å². The normalized spacial score (nSPS) is 11.2. The lowest BCUT2D eigenvalue weighted by atomic mass is 10.1. The minimum absolute atomic E-state index is 0.165. The third kappa shape index (κ3) is 4.00. The van der Waals surface area contributed by atoms with Gasteiger partial charge in [0.05, 0.1) is 4.90 Å². The fraction of sp³-hybridized carbons (Fsp3) is 0.158. The summed E-state index contributed by atoms with van der Waals surface area (Å²) in [5.74, 6) is 0.708. The molecule has 3 rings (SSSR count). The van der Waals surface area contributed by atoms with E-state index in [1.54, 1.807) is 30.3 Å². The van der Waals surface area contributed by atoms with Crippen LogP contribution in [0.25, 0.3) is 0 Å². The molecule has 0 unspecified atom stereocenters. The summed E-state index contributed by atoms with van der Waals surface area (Å²) in [5, 5.41) is 11.2. The topological polar surface area (TPSA) is 84.0 Å². The molecule has 0 fully saturated rings. The second-order valence-electron chi connectivity index (χ2n) is 6.12. The first kappa shape index (κ1) is 17.9. The molecule has 3 aromatic rings. The molecule has 26 heavy (non-hydrogen) atoms. The van der Waals surface area contributed by atoms with Gasteiger partial charge >= 0.3 is 0 Å². The standard InChI is InChI=1S/C19H20N4O2S/c1-13-6-4-9-16(12-13)26(24,25)23-18-11-10-17(21-22-18)20-19-14(2)7-5-8-15(19)3/h4-12H,1-3H3,(H,20,21)(H,22,23). The first-order chi connectivity index (χ1) is 12.3. The molecular formula is C19H20N4O2S. The largest absolute Gasteiger partial charge is 0.338 e. The maximum Gasteiger partial charge on any atom is 0.263 e. The van der Waals surface area contributed by atoms with Crippen molar-refractivity contribution in [2.24, 2.45) is 0 Å². The van der Waals surface area contributed by atoms with Crippen molar-refractivity contribution in [3.8, 4) is 0 Å². The Morgan fingerprint density at radius 2 is 1.42 bits per heavy atom. The molecule has 1 heterocycles. The Morgan fingerprint density at radius 3 is 2.04 bits per heavy atom. The molecular weight excluding hydrogens is 348 g/mol. The Morgan fingerprint density at radius 1 is 0.808 bits per heavy atom. The number of nitrogens with one attached hydrogen (secondary N) is 2. The van der Waals surface area contributed by atoms with Crippen molar-refractivity contribution in [2.75, 3.05) is 10.0 Å². The summed E-state index contributed by atoms with van der Waals surface area (Å²) < 4.78 is 27.3. The van der Waals surface area contributed by atoms with Crippen LogP contribution in [0.2, 0.25) is 0 Å². The minimum Gasteiger partial charge on any atom is -0.338 e. The highest BCUT2D eigenvalue weighted by atomic mass is 32.2. The third-order valence-electron chi connectivity index (χ3n) is 3.94. The van der Waals surface area contributed by atoms with E-state index < -0.39 is 10.0 Å². The van der Waals surface area contributed by atoms with Crippen molar-refractivity contribution in [1.82, 2.24) is 10.2 Å². The van der Waals surface area contributed by atoms with Gasteiger partial charge in [-0.15, -0.1) is 10.2 Å². The van der Waals surface area contributed by atoms with E-state index in [0.29, 0.717) is 5.82 Å². The van der Waals surface area contributed by atoms with Gasteiger partial charge in [-0.3, -0.25) is 4.72 Å². The number of sulfonamides is 1. The van der Waals surface area contributed by atoms with Gasteiger partial charge < -0.3 is 5.32 Å². The molecule has 0 saturated heterocycles. The van der Waals surface area contributed by atoms with Crippen LogP contribution in [-0.4, -0.2) is 18.6 Å². The maximum atomic E-state index is 12.4. The molecule has 0 aliphatic heterocycles. The average molecular weight is 368 g/mol. The van der Waals surface area contributed by atoms with Gasteiger partial charge in [0.1, 0.15) is 0 Å². The Kier molecular flexibility index (Phi) is 4.90. The van der Waals surface area contributed by atoms with Crippen LogP contribution in [0.15, 0.2) is 59.5 Å². The van der Waals surface area contributed by atoms with Crippen molar-refractivity contribution in [3.05, 3.63) is 71.3 Å². The van der Waals surface area contributed by atoms with Gasteiger partial charge in [-0.05, 0) is 61.7 Å². The van der Waals surface area contributed by atoms with E-state index in [1.165, 1.54) is 0 Å². The Balaban J connectivity index is 1.78. The van der Waals surface area contributed by atoms with E-state index in [9.17, 15) is 8.42 Å². The molecule has 7 heteroatoms. The van der Waals surface area contributed by atoms with Crippen LogP contribution in [0, 0.1) is 20.8 Å². The molecule has 0 radical (unpaired) electrons. The molecule has 1 aromatic heterocycles. The van der Waals surface area contributed by atoms with Crippen molar-refractivity contribution >= 4 is 27.3 Å². The molecule has 2 aromatic carbocycles. The SMILES string of the molecule is Cc1cccc(S(=O)(=O)Nc2ccc(Nc3c(C)cccc3C)nn2)c1. The third-order valence-corrected chi connectivity index (χ3v) is 5.29. The van der Waals surface area contributed by atoms with Gasteiger partial charge in [0.25, 0.3) is 10.0 Å². The van der Waals surface area contributed by atoms with Crippen molar-refractivity contribution in [3.63, 3.8) is 0 Å². The predicted octanol–water partition coefficient (Wildman–Crippen LogP) is 3.95. The molecule has 0 bridgehead atoms. The van der Waals surface area contributed by atoms with Crippen LogP contribution >= 0.6 is 0 Å². The van der Waals surface area contributed by atoms with Crippen molar-refractivity contribution in [2.45, 2.75) is 25.7 Å². The number of nitrogens with zero attached hydrogens (tertiary/aromatic N) is 2. The number of benzene rings is 2. The van der Waals surface area contributed by atoms with E-state index in [-0.39, 0.29) is 10.7 Å². The van der Waals surface area contributed by atoms with Gasteiger partial charge in [0.15, 0.2) is 11.6 Å². The van der Waals surface area contributed by atoms with Crippen LogP contribution in [0.5, 0.6) is 0 Å². The van der Waals surface area contributed by atoms with Crippen LogP contribution < -0.4 is 10.0 Å². The van der Waals surface area contributed by atoms with Gasteiger partial charge in [-0.25, -0.2) is 8.42 Å². The highest BCUT2D eigenvalue weighted by Crippen LogP contribution is 2.23. The quantitative estimate of drug-likeness (QED) is 0.712. The predicted molar refractivity (Wildman–Crippen MR) is 103 cm³/mol. The smallest absolute Gasteiger partial charge is 0.263 e. The van der Waals surface area contributed by atoms with E-state index in [2.05, 4.69) is 20.2 Å². The zero-order valence-electron chi connectivity index (χ0n) is 14.8. The van der Waals surface area contributed by atoms with E-state index in [4.69, 9.17) is 0 Å². The monoisotopic (exact) mass is 368 g/mol. The van der Waals surface area contributed by atoms with Crippen LogP contribution in [0.4, 0.5) is 17.3 Å². The highest BCUT2D eigenvalue weighted by Gasteiger charge is 2.15. The van der Waals surface area contributed by atoms with Gasteiger partial charge in [-0.1, -0.05) is 30.3 Å². The van der Waals surface area contributed by atoms with Crippen LogP contribution in [-0.2, 0) is 10.0 Å². The van der Waals surface area contributed by atoms with Crippen LogP contribution in [0.1, 0.15) is 16.7 Å². The summed E-state index contributed by atoms with van der Waals surface area (Å²) in [6.45, 7) is 5.85. The number of rotatable bonds is 5. The number of aromatic nitrogens is 2. The fourth-order valence-electron chi connectivity index (χ4n) is 2.57. The van der Waals surface area contributed by atoms with E-state index in [1.807, 2.05) is 45.0 Å². The number of aryl methyl sites for hydroxylation is 3. The number of anilines is 3. The molecule has 0 aliphatic carbocycles. The van der Waals surface area contributed by atoms with Crippen LogP contribution in [0.3, 0.4) is 0 Å². The van der Waals surface area contributed by atoms with Gasteiger partial charge in [0.2, 0.25) is 0 Å². The molecule has 6 nitrogen and oxygen atoms in total. The molecule has 134 valence electrons. The Bertz CT molecular complexity index is 1010. The molecule has 0 atom stereocenters. The van der Waals surface area contributed by atoms with Gasteiger partial charge in [0, 0.05) is 5.69 Å². The fourth-order valence-corrected chi connectivity index (χ4v) is 3.67. The van der Waals surface area contributed by atoms with Crippen molar-refractivity contribution < 1.29 is 8.42 Å². The average Bonchev–Trinajstić information content (AvgIpc) is 2.59. The molecule has 0 amide bonds. The number of hydrogen-bond acceptors (Lipinski definition) is 5. The van der Waals surface area contributed by atoms with E-state index in [0.717, 1.165) is 22.4 Å². The lowest BCUT2D eigenvalue weighted by Gasteiger charge is -2.12. The lowest BCUT2D eigenvalue weighted by Crippen LogP contribution is -2.14. The zero-order valence-corrected chi connectivity index (χ0v) is 15.6. The zero-order chi connectivity index (χ0) is 18.7. The Hall–Kier alpha value is -2.93. The summed E-state index contributed by atoms with van der Waals surface area (Å²) in [6.07, 6.45) is 0. The maximum absolute atomic E-state index is 12.4. The number of hydrogen-bond donors (Lipinski definition) is 2. The second kappa shape index (κ2) is 7.13. The molecule has 2 N–H and O–H groups in total. The molecule has 0 spiro atoms. The summed E-state index contributed by atoms with van der Waals surface area (Å²) in [6, 6.07) is 16.0. The Labute approximate surface area is 153 Å². The summed E-state index contributed by atoms with van der Waals surface area (Å²) in [7, 11) is -3.69.